The zero-order valence-corrected chi connectivity index (χ0v) is 11.9. The number of carboxylic acid groups (broad SMARTS) is 1. The van der Waals surface area contributed by atoms with Gasteiger partial charge in [0.15, 0.2) is 6.10 Å². The molecule has 18 heavy (non-hydrogen) atoms. The van der Waals surface area contributed by atoms with E-state index in [0.717, 1.165) is 10.0 Å². The minimum atomic E-state index is -0.941. The fourth-order valence-electron chi connectivity index (χ4n) is 1.44. The van der Waals surface area contributed by atoms with Crippen molar-refractivity contribution in [2.24, 2.45) is 0 Å². The van der Waals surface area contributed by atoms with Gasteiger partial charge < -0.3 is 14.6 Å². The zero-order chi connectivity index (χ0) is 13.4. The first kappa shape index (κ1) is 15.1. The van der Waals surface area contributed by atoms with Crippen molar-refractivity contribution in [3.05, 3.63) is 34.3 Å². The van der Waals surface area contributed by atoms with Gasteiger partial charge >= 0.3 is 5.97 Å². The first-order valence-corrected chi connectivity index (χ1v) is 6.59. The zero-order valence-electron chi connectivity index (χ0n) is 10.3. The van der Waals surface area contributed by atoms with Gasteiger partial charge in [-0.3, -0.25) is 0 Å². The summed E-state index contributed by atoms with van der Waals surface area (Å²) in [7, 11) is 0. The average Bonchev–Trinajstić information content (AvgIpc) is 2.35. The molecule has 0 aliphatic rings. The summed E-state index contributed by atoms with van der Waals surface area (Å²) >= 11 is 3.36. The van der Waals surface area contributed by atoms with Gasteiger partial charge in [0.25, 0.3) is 0 Å². The van der Waals surface area contributed by atoms with E-state index >= 15 is 0 Å². The minimum absolute atomic E-state index is 0.361. The van der Waals surface area contributed by atoms with Gasteiger partial charge in [0.05, 0.1) is 13.2 Å². The Kier molecular flexibility index (Phi) is 6.93. The van der Waals surface area contributed by atoms with E-state index in [1.165, 1.54) is 0 Å². The predicted molar refractivity (Wildman–Crippen MR) is 71.5 cm³/mol. The van der Waals surface area contributed by atoms with Crippen molar-refractivity contribution in [1.82, 2.24) is 0 Å². The molecule has 100 valence electrons. The van der Waals surface area contributed by atoms with Gasteiger partial charge in [-0.25, -0.2) is 4.79 Å². The maximum atomic E-state index is 10.8. The van der Waals surface area contributed by atoms with Crippen LogP contribution in [0.25, 0.3) is 0 Å². The molecular formula is C13H17BrO4. The highest BCUT2D eigenvalue weighted by atomic mass is 79.9. The van der Waals surface area contributed by atoms with E-state index in [4.69, 9.17) is 14.6 Å². The van der Waals surface area contributed by atoms with Crippen LogP contribution >= 0.6 is 15.9 Å². The first-order chi connectivity index (χ1) is 8.63. The Morgan fingerprint density at radius 1 is 1.39 bits per heavy atom. The summed E-state index contributed by atoms with van der Waals surface area (Å²) in [6, 6.07) is 7.81. The van der Waals surface area contributed by atoms with Crippen molar-refractivity contribution in [3.8, 4) is 0 Å². The van der Waals surface area contributed by atoms with E-state index in [-0.39, 0.29) is 0 Å². The molecule has 1 aromatic carbocycles. The summed E-state index contributed by atoms with van der Waals surface area (Å²) in [5.74, 6) is -0.941. The molecule has 5 heteroatoms. The molecule has 0 radical (unpaired) electrons. The molecule has 0 saturated carbocycles. The smallest absolute Gasteiger partial charge is 0.332 e. The predicted octanol–water partition coefficient (Wildman–Crippen LogP) is 2.85. The number of ether oxygens (including phenoxy) is 2. The molecular weight excluding hydrogens is 300 g/mol. The number of rotatable bonds is 8. The highest BCUT2D eigenvalue weighted by molar-refractivity contribution is 9.10. The van der Waals surface area contributed by atoms with Crippen molar-refractivity contribution in [1.29, 1.82) is 0 Å². The highest BCUT2D eigenvalue weighted by Gasteiger charge is 2.16. The van der Waals surface area contributed by atoms with Gasteiger partial charge in [-0.1, -0.05) is 28.1 Å². The van der Waals surface area contributed by atoms with Crippen LogP contribution in [0.5, 0.6) is 0 Å². The second-order valence-electron chi connectivity index (χ2n) is 3.75. The normalized spacial score (nSPS) is 12.3. The minimum Gasteiger partial charge on any atom is -0.479 e. The number of benzene rings is 1. The van der Waals surface area contributed by atoms with Gasteiger partial charge in [0, 0.05) is 17.5 Å². The molecule has 1 atom stereocenters. The molecule has 0 bridgehead atoms. The number of hydrogen-bond acceptors (Lipinski definition) is 3. The lowest BCUT2D eigenvalue weighted by Gasteiger charge is -2.12. The van der Waals surface area contributed by atoms with Crippen LogP contribution in [-0.4, -0.2) is 30.4 Å². The van der Waals surface area contributed by atoms with Gasteiger partial charge in [0.2, 0.25) is 0 Å². The van der Waals surface area contributed by atoms with E-state index < -0.39 is 12.1 Å². The first-order valence-electron chi connectivity index (χ1n) is 5.80. The number of carbonyl (C=O) groups is 1. The summed E-state index contributed by atoms with van der Waals surface area (Å²) in [5, 5.41) is 8.87. The van der Waals surface area contributed by atoms with Crippen molar-refractivity contribution >= 4 is 21.9 Å². The van der Waals surface area contributed by atoms with Crippen LogP contribution < -0.4 is 0 Å². The van der Waals surface area contributed by atoms with Gasteiger partial charge in [-0.05, 0) is 24.6 Å². The van der Waals surface area contributed by atoms with Crippen molar-refractivity contribution in [2.75, 3.05) is 13.2 Å². The third kappa shape index (κ3) is 5.62. The standard InChI is InChI=1S/C13H17BrO4/c1-2-18-12(13(15)16)7-8-17-9-10-3-5-11(14)6-4-10/h3-6,12H,2,7-9H2,1H3,(H,15,16). The van der Waals surface area contributed by atoms with E-state index in [1.54, 1.807) is 6.92 Å². The lowest BCUT2D eigenvalue weighted by Crippen LogP contribution is -2.25. The third-order valence-corrected chi connectivity index (χ3v) is 2.88. The summed E-state index contributed by atoms with van der Waals surface area (Å²) in [6.07, 6.45) is -0.417. The molecule has 1 unspecified atom stereocenters. The van der Waals surface area contributed by atoms with Crippen LogP contribution in [0.2, 0.25) is 0 Å². The fraction of sp³-hybridized carbons (Fsp3) is 0.462. The lowest BCUT2D eigenvalue weighted by atomic mass is 10.2. The molecule has 1 N–H and O–H groups in total. The van der Waals surface area contributed by atoms with Crippen LogP contribution in [0.15, 0.2) is 28.7 Å². The van der Waals surface area contributed by atoms with E-state index in [0.29, 0.717) is 26.2 Å². The van der Waals surface area contributed by atoms with Crippen LogP contribution in [0.1, 0.15) is 18.9 Å². The van der Waals surface area contributed by atoms with Crippen LogP contribution in [0, 0.1) is 0 Å². The molecule has 0 amide bonds. The van der Waals surface area contributed by atoms with Gasteiger partial charge in [-0.2, -0.15) is 0 Å². The summed E-state index contributed by atoms with van der Waals surface area (Å²) in [5.41, 5.74) is 1.06. The Bertz CT molecular complexity index is 364. The van der Waals surface area contributed by atoms with E-state index in [2.05, 4.69) is 15.9 Å². The Balaban J connectivity index is 2.25. The summed E-state index contributed by atoms with van der Waals surface area (Å²) < 4.78 is 11.5. The number of aliphatic carboxylic acids is 1. The molecule has 0 aliphatic carbocycles. The van der Waals surface area contributed by atoms with Crippen LogP contribution in [0.3, 0.4) is 0 Å². The lowest BCUT2D eigenvalue weighted by molar-refractivity contribution is -0.151. The van der Waals surface area contributed by atoms with Crippen LogP contribution in [-0.2, 0) is 20.9 Å². The molecule has 0 fully saturated rings. The molecule has 0 aliphatic heterocycles. The quantitative estimate of drug-likeness (QED) is 0.749. The number of halogens is 1. The molecule has 0 spiro atoms. The molecule has 0 saturated heterocycles. The largest absolute Gasteiger partial charge is 0.479 e. The monoisotopic (exact) mass is 316 g/mol. The third-order valence-electron chi connectivity index (χ3n) is 2.35. The molecule has 1 aromatic rings. The fourth-order valence-corrected chi connectivity index (χ4v) is 1.70. The summed E-state index contributed by atoms with van der Waals surface area (Å²) in [4.78, 5) is 10.8. The highest BCUT2D eigenvalue weighted by Crippen LogP contribution is 2.11. The molecule has 0 aromatic heterocycles. The number of carboxylic acids is 1. The van der Waals surface area contributed by atoms with Crippen LogP contribution in [0.4, 0.5) is 0 Å². The molecule has 4 nitrogen and oxygen atoms in total. The van der Waals surface area contributed by atoms with E-state index in [1.807, 2.05) is 24.3 Å². The maximum Gasteiger partial charge on any atom is 0.332 e. The van der Waals surface area contributed by atoms with Crippen molar-refractivity contribution < 1.29 is 19.4 Å². The molecule has 1 rings (SSSR count). The maximum absolute atomic E-state index is 10.8. The number of hydrogen-bond donors (Lipinski definition) is 1. The molecule has 0 heterocycles. The van der Waals surface area contributed by atoms with E-state index in [9.17, 15) is 4.79 Å². The van der Waals surface area contributed by atoms with Crippen molar-refractivity contribution in [2.45, 2.75) is 26.1 Å². The Morgan fingerprint density at radius 2 is 2.06 bits per heavy atom. The second kappa shape index (κ2) is 8.24. The summed E-state index contributed by atoms with van der Waals surface area (Å²) in [6.45, 7) is 3.01. The Labute approximate surface area is 115 Å². The van der Waals surface area contributed by atoms with Gasteiger partial charge in [0.1, 0.15) is 0 Å². The van der Waals surface area contributed by atoms with Crippen molar-refractivity contribution in [3.63, 3.8) is 0 Å². The Morgan fingerprint density at radius 3 is 2.61 bits per heavy atom. The average molecular weight is 317 g/mol. The topological polar surface area (TPSA) is 55.8 Å². The SMILES string of the molecule is CCOC(CCOCc1ccc(Br)cc1)C(=O)O. The second-order valence-corrected chi connectivity index (χ2v) is 4.67. The van der Waals surface area contributed by atoms with Gasteiger partial charge in [-0.15, -0.1) is 0 Å². The Hall–Kier alpha value is -0.910.